The molecule has 19 heavy (non-hydrogen) atoms. The molecule has 4 nitrogen and oxygen atoms in total. The van der Waals surface area contributed by atoms with Crippen molar-refractivity contribution in [1.29, 1.82) is 0 Å². The molecule has 2 unspecified atom stereocenters. The second-order valence-electron chi connectivity index (χ2n) is 5.37. The van der Waals surface area contributed by atoms with E-state index in [1.807, 2.05) is 11.6 Å². The second-order valence-corrected chi connectivity index (χ2v) is 8.25. The molecular formula is C13H21BrN2O2S. The Morgan fingerprint density at radius 2 is 2.32 bits per heavy atom. The van der Waals surface area contributed by atoms with E-state index in [1.54, 1.807) is 0 Å². The summed E-state index contributed by atoms with van der Waals surface area (Å²) >= 11 is 3.55. The predicted molar refractivity (Wildman–Crippen MR) is 80.4 cm³/mol. The molecule has 0 amide bonds. The molecule has 0 saturated carbocycles. The van der Waals surface area contributed by atoms with Crippen LogP contribution in [0.15, 0.2) is 6.07 Å². The van der Waals surface area contributed by atoms with Crippen molar-refractivity contribution in [2.45, 2.75) is 33.2 Å². The Bertz CT molecular complexity index is 539. The summed E-state index contributed by atoms with van der Waals surface area (Å²) in [6, 6.07) is 2.11. The van der Waals surface area contributed by atoms with Gasteiger partial charge in [-0.3, -0.25) is 4.68 Å². The van der Waals surface area contributed by atoms with Crippen LogP contribution in [-0.2, 0) is 22.8 Å². The maximum atomic E-state index is 11.6. The van der Waals surface area contributed by atoms with E-state index in [1.165, 1.54) is 5.69 Å². The van der Waals surface area contributed by atoms with E-state index >= 15 is 0 Å². The molecule has 0 bridgehead atoms. The molecule has 0 spiro atoms. The van der Waals surface area contributed by atoms with E-state index in [4.69, 9.17) is 0 Å². The Hall–Kier alpha value is -0.360. The largest absolute Gasteiger partial charge is 0.270 e. The standard InChI is InChI=1S/C13H21BrN2O2S/c1-3-16-13(6-10(2)15-16)7-12(8-14)11-4-5-19(17,18)9-11/h6,11-12H,3-5,7-9H2,1-2H3. The first-order valence-corrected chi connectivity index (χ1v) is 9.69. The molecule has 1 saturated heterocycles. The highest BCUT2D eigenvalue weighted by Gasteiger charge is 2.33. The zero-order valence-corrected chi connectivity index (χ0v) is 13.9. The topological polar surface area (TPSA) is 52.0 Å². The first-order valence-electron chi connectivity index (χ1n) is 6.75. The van der Waals surface area contributed by atoms with Crippen LogP contribution in [0.4, 0.5) is 0 Å². The summed E-state index contributed by atoms with van der Waals surface area (Å²) in [5.74, 6) is 1.36. The highest BCUT2D eigenvalue weighted by molar-refractivity contribution is 9.09. The lowest BCUT2D eigenvalue weighted by molar-refractivity contribution is 0.391. The summed E-state index contributed by atoms with van der Waals surface area (Å²) < 4.78 is 25.2. The number of rotatable bonds is 5. The minimum absolute atomic E-state index is 0.282. The van der Waals surface area contributed by atoms with Gasteiger partial charge in [-0.05, 0) is 44.6 Å². The molecule has 2 rings (SSSR count). The summed E-state index contributed by atoms with van der Waals surface area (Å²) in [4.78, 5) is 0. The van der Waals surface area contributed by atoms with Gasteiger partial charge in [-0.1, -0.05) is 15.9 Å². The van der Waals surface area contributed by atoms with Gasteiger partial charge < -0.3 is 0 Å². The van der Waals surface area contributed by atoms with Crippen LogP contribution in [0.2, 0.25) is 0 Å². The molecule has 0 aliphatic carbocycles. The molecule has 2 atom stereocenters. The monoisotopic (exact) mass is 348 g/mol. The van der Waals surface area contributed by atoms with E-state index in [0.717, 1.165) is 30.4 Å². The van der Waals surface area contributed by atoms with Crippen molar-refractivity contribution in [3.63, 3.8) is 0 Å². The maximum absolute atomic E-state index is 11.6. The fraction of sp³-hybridized carbons (Fsp3) is 0.769. The number of nitrogens with zero attached hydrogens (tertiary/aromatic N) is 2. The average Bonchev–Trinajstić information content (AvgIpc) is 2.88. The Morgan fingerprint density at radius 3 is 2.84 bits per heavy atom. The average molecular weight is 349 g/mol. The van der Waals surface area contributed by atoms with Gasteiger partial charge in [-0.15, -0.1) is 0 Å². The van der Waals surface area contributed by atoms with Gasteiger partial charge in [0.2, 0.25) is 0 Å². The van der Waals surface area contributed by atoms with Gasteiger partial charge in [0, 0.05) is 17.6 Å². The van der Waals surface area contributed by atoms with Gasteiger partial charge in [-0.25, -0.2) is 8.42 Å². The van der Waals surface area contributed by atoms with Crippen LogP contribution in [0.5, 0.6) is 0 Å². The molecule has 0 radical (unpaired) electrons. The van der Waals surface area contributed by atoms with Crippen molar-refractivity contribution in [2.75, 3.05) is 16.8 Å². The molecule has 0 N–H and O–H groups in total. The molecule has 6 heteroatoms. The third-order valence-corrected chi connectivity index (χ3v) is 6.51. The third kappa shape index (κ3) is 3.60. The molecule has 108 valence electrons. The number of aromatic nitrogens is 2. The number of hydrogen-bond acceptors (Lipinski definition) is 3. The smallest absolute Gasteiger partial charge is 0.150 e. The summed E-state index contributed by atoms with van der Waals surface area (Å²) in [6.07, 6.45) is 1.71. The van der Waals surface area contributed by atoms with Crippen molar-refractivity contribution in [2.24, 2.45) is 11.8 Å². The molecule has 1 aromatic heterocycles. The third-order valence-electron chi connectivity index (χ3n) is 3.89. The van der Waals surface area contributed by atoms with Crippen molar-refractivity contribution >= 4 is 25.8 Å². The van der Waals surface area contributed by atoms with Crippen LogP contribution in [0, 0.1) is 18.8 Å². The zero-order chi connectivity index (χ0) is 14.0. The molecule has 2 heterocycles. The number of sulfone groups is 1. The Labute approximate surface area is 123 Å². The van der Waals surface area contributed by atoms with Crippen LogP contribution < -0.4 is 0 Å². The van der Waals surface area contributed by atoms with E-state index < -0.39 is 9.84 Å². The predicted octanol–water partition coefficient (Wildman–Crippen LogP) is 2.20. The van der Waals surface area contributed by atoms with Gasteiger partial charge in [-0.2, -0.15) is 5.10 Å². The van der Waals surface area contributed by atoms with Crippen molar-refractivity contribution < 1.29 is 8.42 Å². The normalized spacial score (nSPS) is 23.6. The van der Waals surface area contributed by atoms with Crippen molar-refractivity contribution in [3.8, 4) is 0 Å². The minimum Gasteiger partial charge on any atom is -0.270 e. The number of halogens is 1. The summed E-state index contributed by atoms with van der Waals surface area (Å²) in [5, 5.41) is 5.30. The molecular weight excluding hydrogens is 328 g/mol. The minimum atomic E-state index is -2.80. The number of aryl methyl sites for hydroxylation is 2. The number of alkyl halides is 1. The van der Waals surface area contributed by atoms with Crippen molar-refractivity contribution in [1.82, 2.24) is 9.78 Å². The van der Waals surface area contributed by atoms with Gasteiger partial charge in [0.25, 0.3) is 0 Å². The number of hydrogen-bond donors (Lipinski definition) is 0. The Morgan fingerprint density at radius 1 is 1.58 bits per heavy atom. The molecule has 1 aromatic rings. The van der Waals surface area contributed by atoms with Gasteiger partial charge in [0.05, 0.1) is 17.2 Å². The van der Waals surface area contributed by atoms with Crippen LogP contribution in [0.3, 0.4) is 0 Å². The zero-order valence-electron chi connectivity index (χ0n) is 11.5. The van der Waals surface area contributed by atoms with Gasteiger partial charge >= 0.3 is 0 Å². The Kier molecular flexibility index (Phi) is 4.71. The van der Waals surface area contributed by atoms with Crippen LogP contribution in [0.1, 0.15) is 24.7 Å². The molecule has 1 aliphatic rings. The van der Waals surface area contributed by atoms with Gasteiger partial charge in [0.1, 0.15) is 0 Å². The first-order chi connectivity index (χ1) is 8.95. The summed E-state index contributed by atoms with van der Waals surface area (Å²) in [6.45, 7) is 4.94. The van der Waals surface area contributed by atoms with E-state index in [2.05, 4.69) is 34.0 Å². The maximum Gasteiger partial charge on any atom is 0.150 e. The summed E-state index contributed by atoms with van der Waals surface area (Å²) in [5.41, 5.74) is 2.25. The highest BCUT2D eigenvalue weighted by atomic mass is 79.9. The lowest BCUT2D eigenvalue weighted by atomic mass is 9.89. The lowest BCUT2D eigenvalue weighted by Gasteiger charge is -2.20. The van der Waals surface area contributed by atoms with E-state index in [0.29, 0.717) is 17.4 Å². The summed E-state index contributed by atoms with van der Waals surface area (Å²) in [7, 11) is -2.80. The second kappa shape index (κ2) is 5.95. The SMILES string of the molecule is CCn1nc(C)cc1CC(CBr)C1CCS(=O)(=O)C1. The molecule has 0 aromatic carbocycles. The van der Waals surface area contributed by atoms with Crippen LogP contribution in [-0.4, -0.2) is 35.0 Å². The Balaban J connectivity index is 2.11. The highest BCUT2D eigenvalue weighted by Crippen LogP contribution is 2.30. The van der Waals surface area contributed by atoms with Gasteiger partial charge in [0.15, 0.2) is 9.84 Å². The fourth-order valence-corrected chi connectivity index (χ4v) is 5.53. The molecule has 1 aliphatic heterocycles. The quantitative estimate of drug-likeness (QED) is 0.766. The van der Waals surface area contributed by atoms with Crippen LogP contribution >= 0.6 is 15.9 Å². The van der Waals surface area contributed by atoms with Crippen LogP contribution in [0.25, 0.3) is 0 Å². The fourth-order valence-electron chi connectivity index (χ4n) is 2.85. The van der Waals surface area contributed by atoms with E-state index in [-0.39, 0.29) is 5.92 Å². The lowest BCUT2D eigenvalue weighted by Crippen LogP contribution is -2.21. The molecule has 1 fully saturated rings. The van der Waals surface area contributed by atoms with E-state index in [9.17, 15) is 8.42 Å². The van der Waals surface area contributed by atoms with Crippen molar-refractivity contribution in [3.05, 3.63) is 17.5 Å². The first kappa shape index (κ1) is 15.0.